The Labute approximate surface area is 167 Å². The van der Waals surface area contributed by atoms with Gasteiger partial charge < -0.3 is 4.90 Å². The average Bonchev–Trinajstić information content (AvgIpc) is 2.67. The maximum Gasteiger partial charge on any atom is 0.244 e. The van der Waals surface area contributed by atoms with Crippen LogP contribution in [0.1, 0.15) is 22.8 Å². The number of carbonyl (C=O) groups is 1. The first kappa shape index (κ1) is 19.5. The number of carbonyl (C=O) groups excluding carboxylic acids is 1. The largest absolute Gasteiger partial charge is 0.368 e. The van der Waals surface area contributed by atoms with Gasteiger partial charge in [-0.25, -0.2) is 8.42 Å². The zero-order chi connectivity index (χ0) is 19.6. The standard InChI is InChI=1S/C19H18BrN3O3S/c1-14(24)16-7-6-15(13-21)12-18(16)22-8-10-23(11-9-22)27(25,26)19-5-3-2-4-17(19)20/h2-7,12H,8-11H2,1H3. The van der Waals surface area contributed by atoms with Crippen LogP contribution in [0.5, 0.6) is 0 Å². The average molecular weight is 448 g/mol. The molecule has 6 nitrogen and oxygen atoms in total. The zero-order valence-corrected chi connectivity index (χ0v) is 17.1. The topological polar surface area (TPSA) is 81.5 Å². The summed E-state index contributed by atoms with van der Waals surface area (Å²) in [5, 5.41) is 9.15. The second-order valence-corrected chi connectivity index (χ2v) is 8.98. The molecule has 0 saturated carbocycles. The molecule has 3 rings (SSSR count). The molecule has 1 aliphatic heterocycles. The van der Waals surface area contributed by atoms with Crippen molar-refractivity contribution in [2.24, 2.45) is 0 Å². The predicted molar refractivity (Wildman–Crippen MR) is 106 cm³/mol. The van der Waals surface area contributed by atoms with Crippen LogP contribution in [0.2, 0.25) is 0 Å². The molecule has 0 unspecified atom stereocenters. The molecule has 0 atom stereocenters. The first-order valence-corrected chi connectivity index (χ1v) is 10.6. The Hall–Kier alpha value is -2.21. The molecule has 0 aliphatic carbocycles. The zero-order valence-electron chi connectivity index (χ0n) is 14.7. The highest BCUT2D eigenvalue weighted by Gasteiger charge is 2.30. The van der Waals surface area contributed by atoms with Crippen molar-refractivity contribution in [3.8, 4) is 6.07 Å². The highest BCUT2D eigenvalue weighted by molar-refractivity contribution is 9.10. The number of ketones is 1. The summed E-state index contributed by atoms with van der Waals surface area (Å²) in [4.78, 5) is 14.1. The third kappa shape index (κ3) is 3.90. The molecule has 8 heteroatoms. The molecule has 1 fully saturated rings. The van der Waals surface area contributed by atoms with Crippen molar-refractivity contribution >= 4 is 37.4 Å². The smallest absolute Gasteiger partial charge is 0.244 e. The maximum atomic E-state index is 12.9. The molecule has 0 bridgehead atoms. The van der Waals surface area contributed by atoms with Crippen LogP contribution in [0.15, 0.2) is 51.8 Å². The van der Waals surface area contributed by atoms with E-state index in [-0.39, 0.29) is 10.7 Å². The number of nitrogens with zero attached hydrogens (tertiary/aromatic N) is 3. The molecular formula is C19H18BrN3O3S. The van der Waals surface area contributed by atoms with Gasteiger partial charge in [0.2, 0.25) is 10.0 Å². The summed E-state index contributed by atoms with van der Waals surface area (Å²) in [6, 6.07) is 13.8. The van der Waals surface area contributed by atoms with Gasteiger partial charge in [-0.3, -0.25) is 4.79 Å². The molecule has 0 spiro atoms. The molecule has 0 amide bonds. The summed E-state index contributed by atoms with van der Waals surface area (Å²) in [6.45, 7) is 2.98. The normalized spacial score (nSPS) is 15.4. The molecule has 2 aromatic carbocycles. The quantitative estimate of drug-likeness (QED) is 0.672. The molecule has 0 N–H and O–H groups in total. The fourth-order valence-corrected chi connectivity index (χ4v) is 5.51. The van der Waals surface area contributed by atoms with Gasteiger partial charge in [0.1, 0.15) is 0 Å². The highest BCUT2D eigenvalue weighted by atomic mass is 79.9. The number of hydrogen-bond acceptors (Lipinski definition) is 5. The monoisotopic (exact) mass is 447 g/mol. The van der Waals surface area contributed by atoms with Crippen LogP contribution < -0.4 is 4.90 Å². The van der Waals surface area contributed by atoms with Gasteiger partial charge in [-0.2, -0.15) is 9.57 Å². The van der Waals surface area contributed by atoms with Crippen LogP contribution in [0.25, 0.3) is 0 Å². The lowest BCUT2D eigenvalue weighted by Gasteiger charge is -2.36. The predicted octanol–water partition coefficient (Wildman–Crippen LogP) is 3.03. The van der Waals surface area contributed by atoms with E-state index in [1.807, 2.05) is 4.90 Å². The minimum atomic E-state index is -3.60. The lowest BCUT2D eigenvalue weighted by Crippen LogP contribution is -2.49. The molecule has 1 aliphatic rings. The molecular weight excluding hydrogens is 430 g/mol. The van der Waals surface area contributed by atoms with Crippen molar-refractivity contribution in [2.45, 2.75) is 11.8 Å². The molecule has 0 radical (unpaired) electrons. The van der Waals surface area contributed by atoms with Crippen molar-refractivity contribution in [3.63, 3.8) is 0 Å². The third-order valence-electron chi connectivity index (χ3n) is 4.54. The Bertz CT molecular complexity index is 1020. The number of nitriles is 1. The van der Waals surface area contributed by atoms with Crippen LogP contribution in [-0.4, -0.2) is 44.7 Å². The lowest BCUT2D eigenvalue weighted by atomic mass is 10.0. The Morgan fingerprint density at radius 3 is 2.37 bits per heavy atom. The number of rotatable bonds is 4. The van der Waals surface area contributed by atoms with E-state index in [4.69, 9.17) is 5.26 Å². The maximum absolute atomic E-state index is 12.9. The number of halogens is 1. The van der Waals surface area contributed by atoms with E-state index in [2.05, 4.69) is 22.0 Å². The molecule has 1 heterocycles. The number of benzene rings is 2. The summed E-state index contributed by atoms with van der Waals surface area (Å²) in [7, 11) is -3.60. The van der Waals surface area contributed by atoms with Crippen LogP contribution in [0.3, 0.4) is 0 Å². The number of piperazine rings is 1. The van der Waals surface area contributed by atoms with E-state index in [9.17, 15) is 13.2 Å². The van der Waals surface area contributed by atoms with E-state index in [1.54, 1.807) is 42.5 Å². The fraction of sp³-hybridized carbons (Fsp3) is 0.263. The van der Waals surface area contributed by atoms with Crippen LogP contribution in [0, 0.1) is 11.3 Å². The van der Waals surface area contributed by atoms with E-state index >= 15 is 0 Å². The van der Waals surface area contributed by atoms with Gasteiger partial charge in [0.05, 0.1) is 16.5 Å². The van der Waals surface area contributed by atoms with Crippen molar-refractivity contribution in [3.05, 3.63) is 58.1 Å². The number of sulfonamides is 1. The van der Waals surface area contributed by atoms with Crippen molar-refractivity contribution in [2.75, 3.05) is 31.1 Å². The van der Waals surface area contributed by atoms with E-state index in [1.165, 1.54) is 11.2 Å². The molecule has 27 heavy (non-hydrogen) atoms. The first-order valence-electron chi connectivity index (χ1n) is 8.39. The van der Waals surface area contributed by atoms with Gasteiger partial charge in [0.15, 0.2) is 5.78 Å². The van der Waals surface area contributed by atoms with Crippen molar-refractivity contribution in [1.82, 2.24) is 4.31 Å². The number of hydrogen-bond donors (Lipinski definition) is 0. The number of anilines is 1. The summed E-state index contributed by atoms with van der Waals surface area (Å²) in [5.41, 5.74) is 1.69. The Balaban J connectivity index is 1.83. The second kappa shape index (κ2) is 7.80. The van der Waals surface area contributed by atoms with Gasteiger partial charge in [-0.1, -0.05) is 12.1 Å². The van der Waals surface area contributed by atoms with Gasteiger partial charge in [-0.05, 0) is 53.2 Å². The van der Waals surface area contributed by atoms with Gasteiger partial charge >= 0.3 is 0 Å². The first-order chi connectivity index (χ1) is 12.8. The summed E-state index contributed by atoms with van der Waals surface area (Å²) >= 11 is 3.30. The van der Waals surface area contributed by atoms with E-state index in [0.29, 0.717) is 47.5 Å². The molecule has 140 valence electrons. The molecule has 1 saturated heterocycles. The van der Waals surface area contributed by atoms with Crippen molar-refractivity contribution in [1.29, 1.82) is 5.26 Å². The molecule has 2 aromatic rings. The van der Waals surface area contributed by atoms with E-state index < -0.39 is 10.0 Å². The second-order valence-electron chi connectivity index (χ2n) is 6.22. The Morgan fingerprint density at radius 1 is 1.11 bits per heavy atom. The van der Waals surface area contributed by atoms with Crippen molar-refractivity contribution < 1.29 is 13.2 Å². The fourth-order valence-electron chi connectivity index (χ4n) is 3.12. The SMILES string of the molecule is CC(=O)c1ccc(C#N)cc1N1CCN(S(=O)(=O)c2ccccc2Br)CC1. The van der Waals surface area contributed by atoms with Crippen LogP contribution >= 0.6 is 15.9 Å². The van der Waals surface area contributed by atoms with Crippen LogP contribution in [0.4, 0.5) is 5.69 Å². The van der Waals surface area contributed by atoms with E-state index in [0.717, 1.165) is 0 Å². The van der Waals surface area contributed by atoms with Gasteiger partial charge in [-0.15, -0.1) is 0 Å². The minimum absolute atomic E-state index is 0.0854. The molecule has 0 aromatic heterocycles. The minimum Gasteiger partial charge on any atom is -0.368 e. The van der Waals surface area contributed by atoms with Gasteiger partial charge in [0, 0.05) is 41.9 Å². The summed E-state index contributed by atoms with van der Waals surface area (Å²) in [5.74, 6) is -0.0854. The highest BCUT2D eigenvalue weighted by Crippen LogP contribution is 2.28. The Morgan fingerprint density at radius 2 is 1.78 bits per heavy atom. The number of Topliss-reactive ketones (excluding diaryl/α,β-unsaturated/α-hetero) is 1. The third-order valence-corrected chi connectivity index (χ3v) is 7.45. The summed E-state index contributed by atoms with van der Waals surface area (Å²) in [6.07, 6.45) is 0. The van der Waals surface area contributed by atoms with Crippen LogP contribution in [-0.2, 0) is 10.0 Å². The lowest BCUT2D eigenvalue weighted by molar-refractivity contribution is 0.101. The van der Waals surface area contributed by atoms with Gasteiger partial charge in [0.25, 0.3) is 0 Å². The summed E-state index contributed by atoms with van der Waals surface area (Å²) < 4.78 is 27.8. The Kier molecular flexibility index (Phi) is 5.65.